The van der Waals surface area contributed by atoms with Gasteiger partial charge in [0, 0.05) is 36.5 Å². The van der Waals surface area contributed by atoms with Gasteiger partial charge >= 0.3 is 5.97 Å². The van der Waals surface area contributed by atoms with Crippen LogP contribution in [0.3, 0.4) is 0 Å². The summed E-state index contributed by atoms with van der Waals surface area (Å²) in [5.41, 5.74) is 6.18. The maximum Gasteiger partial charge on any atom is 0.329 e. The maximum absolute atomic E-state index is 12.5. The Morgan fingerprint density at radius 2 is 1.97 bits per heavy atom. The number of hydrogen-bond donors (Lipinski definition) is 2. The van der Waals surface area contributed by atoms with Crippen LogP contribution >= 0.6 is 35.0 Å². The first-order valence-electron chi connectivity index (χ1n) is 9.39. The van der Waals surface area contributed by atoms with Crippen LogP contribution in [0, 0.1) is 5.92 Å². The number of thioether (sulfide) groups is 1. The van der Waals surface area contributed by atoms with E-state index in [-0.39, 0.29) is 24.3 Å². The Bertz CT molecular complexity index is 827. The second kappa shape index (κ2) is 11.6. The summed E-state index contributed by atoms with van der Waals surface area (Å²) in [4.78, 5) is 39.0. The van der Waals surface area contributed by atoms with E-state index in [0.717, 1.165) is 4.90 Å². The Labute approximate surface area is 190 Å². The van der Waals surface area contributed by atoms with Gasteiger partial charge < -0.3 is 20.7 Å². The molecule has 1 aliphatic rings. The molecule has 0 bridgehead atoms. The molecule has 1 aromatic rings. The maximum atomic E-state index is 12.5. The number of halogens is 2. The van der Waals surface area contributed by atoms with Crippen molar-refractivity contribution < 1.29 is 19.1 Å². The topological polar surface area (TPSA) is 102 Å². The van der Waals surface area contributed by atoms with Crippen LogP contribution in [0.15, 0.2) is 23.1 Å². The third-order valence-corrected chi connectivity index (χ3v) is 6.71. The molecule has 1 fully saturated rings. The number of benzene rings is 1. The van der Waals surface area contributed by atoms with Crippen LogP contribution in [0.1, 0.15) is 18.4 Å². The smallest absolute Gasteiger partial charge is 0.329 e. The summed E-state index contributed by atoms with van der Waals surface area (Å²) < 4.78 is 4.62. The number of amides is 2. The second-order valence-corrected chi connectivity index (χ2v) is 8.34. The summed E-state index contributed by atoms with van der Waals surface area (Å²) in [5, 5.41) is 3.49. The third kappa shape index (κ3) is 6.14. The van der Waals surface area contributed by atoms with Gasteiger partial charge in [-0.25, -0.2) is 4.79 Å². The minimum atomic E-state index is -0.862. The summed E-state index contributed by atoms with van der Waals surface area (Å²) >= 11 is 14.0. The van der Waals surface area contributed by atoms with Gasteiger partial charge in [-0.15, -0.1) is 11.8 Å². The van der Waals surface area contributed by atoms with E-state index in [4.69, 9.17) is 28.9 Å². The summed E-state index contributed by atoms with van der Waals surface area (Å²) in [6.07, 6.45) is 6.00. The number of nitrogens with two attached hydrogens (primary N) is 1. The minimum Gasteiger partial charge on any atom is -0.467 e. The van der Waals surface area contributed by atoms with Crippen molar-refractivity contribution in [2.45, 2.75) is 23.8 Å². The van der Waals surface area contributed by atoms with Crippen LogP contribution in [0.4, 0.5) is 0 Å². The van der Waals surface area contributed by atoms with Crippen molar-refractivity contribution >= 4 is 58.8 Å². The number of piperidine rings is 1. The second-order valence-electron chi connectivity index (χ2n) is 6.74. The number of methoxy groups -OCH3 is 1. The standard InChI is InChI=1S/C20H25Cl2N3O4S/c1-29-20(28)14(11-23)24-19(27)13-7-9-25(10-8-13)16(26)6-4-12-3-5-15(30-2)18(22)17(12)21/h3-6,13-14H,7-11,23H2,1-2H3,(H,24,27). The molecular weight excluding hydrogens is 449 g/mol. The van der Waals surface area contributed by atoms with E-state index in [9.17, 15) is 14.4 Å². The van der Waals surface area contributed by atoms with Crippen LogP contribution < -0.4 is 11.1 Å². The van der Waals surface area contributed by atoms with Gasteiger partial charge in [0.1, 0.15) is 6.04 Å². The van der Waals surface area contributed by atoms with Crippen LogP contribution in [0.2, 0.25) is 10.0 Å². The largest absolute Gasteiger partial charge is 0.467 e. The van der Waals surface area contributed by atoms with Crippen molar-refractivity contribution in [3.05, 3.63) is 33.8 Å². The predicted octanol–water partition coefficient (Wildman–Crippen LogP) is 2.58. The van der Waals surface area contributed by atoms with Gasteiger partial charge in [0.05, 0.1) is 17.2 Å². The molecule has 10 heteroatoms. The zero-order valence-corrected chi connectivity index (χ0v) is 19.1. The number of ether oxygens (including phenoxy) is 1. The molecule has 1 atom stereocenters. The normalized spacial score (nSPS) is 15.8. The van der Waals surface area contributed by atoms with Crippen LogP contribution in [-0.2, 0) is 19.1 Å². The number of rotatable bonds is 7. The fourth-order valence-corrected chi connectivity index (χ4v) is 4.28. The van der Waals surface area contributed by atoms with E-state index in [0.29, 0.717) is 41.5 Å². The molecule has 0 radical (unpaired) electrons. The number of esters is 1. The highest BCUT2D eigenvalue weighted by molar-refractivity contribution is 7.98. The van der Waals surface area contributed by atoms with Crippen molar-refractivity contribution in [1.82, 2.24) is 10.2 Å². The molecular formula is C20H25Cl2N3O4S. The molecule has 1 aromatic carbocycles. The molecule has 1 unspecified atom stereocenters. The SMILES string of the molecule is COC(=O)C(CN)NC(=O)C1CCN(C(=O)C=Cc2ccc(SC)c(Cl)c2Cl)CC1. The Balaban J connectivity index is 1.91. The summed E-state index contributed by atoms with van der Waals surface area (Å²) in [7, 11) is 1.24. The van der Waals surface area contributed by atoms with Crippen molar-refractivity contribution in [3.8, 4) is 0 Å². The van der Waals surface area contributed by atoms with Crippen LogP contribution in [0.5, 0.6) is 0 Å². The first-order valence-corrected chi connectivity index (χ1v) is 11.4. The van der Waals surface area contributed by atoms with Crippen LogP contribution in [-0.4, -0.2) is 61.7 Å². The van der Waals surface area contributed by atoms with Gasteiger partial charge in [0.2, 0.25) is 11.8 Å². The number of likely N-dealkylation sites (tertiary alicyclic amines) is 1. The molecule has 0 aromatic heterocycles. The number of nitrogens with zero attached hydrogens (tertiary/aromatic N) is 1. The lowest BCUT2D eigenvalue weighted by molar-refractivity contribution is -0.145. The Kier molecular flexibility index (Phi) is 9.48. The van der Waals surface area contributed by atoms with E-state index in [1.807, 2.05) is 18.4 Å². The number of nitrogens with one attached hydrogen (secondary N) is 1. The first-order chi connectivity index (χ1) is 14.3. The molecule has 1 saturated heterocycles. The van der Waals surface area contributed by atoms with Gasteiger partial charge in [-0.1, -0.05) is 29.3 Å². The third-order valence-electron chi connectivity index (χ3n) is 4.92. The summed E-state index contributed by atoms with van der Waals surface area (Å²) in [6.45, 7) is 0.838. The highest BCUT2D eigenvalue weighted by atomic mass is 35.5. The highest BCUT2D eigenvalue weighted by Gasteiger charge is 2.29. The van der Waals surface area contributed by atoms with Crippen molar-refractivity contribution in [2.24, 2.45) is 11.7 Å². The molecule has 2 rings (SSSR count). The van der Waals surface area contributed by atoms with Gasteiger partial charge in [-0.05, 0) is 36.8 Å². The summed E-state index contributed by atoms with van der Waals surface area (Å²) in [5.74, 6) is -1.28. The lowest BCUT2D eigenvalue weighted by atomic mass is 9.95. The zero-order chi connectivity index (χ0) is 22.3. The minimum absolute atomic E-state index is 0.0367. The molecule has 0 aliphatic carbocycles. The monoisotopic (exact) mass is 473 g/mol. The fraction of sp³-hybridized carbons (Fsp3) is 0.450. The molecule has 30 heavy (non-hydrogen) atoms. The summed E-state index contributed by atoms with van der Waals surface area (Å²) in [6, 6.07) is 2.81. The Hall–Kier alpha value is -1.74. The lowest BCUT2D eigenvalue weighted by Crippen LogP contribution is -2.50. The molecule has 3 N–H and O–H groups in total. The Morgan fingerprint density at radius 3 is 2.53 bits per heavy atom. The molecule has 0 saturated carbocycles. The molecule has 2 amide bonds. The molecule has 1 heterocycles. The van der Waals surface area contributed by atoms with E-state index in [1.54, 1.807) is 11.0 Å². The average molecular weight is 474 g/mol. The van der Waals surface area contributed by atoms with E-state index >= 15 is 0 Å². The molecule has 7 nitrogen and oxygen atoms in total. The van der Waals surface area contributed by atoms with E-state index < -0.39 is 12.0 Å². The van der Waals surface area contributed by atoms with Crippen LogP contribution in [0.25, 0.3) is 6.08 Å². The highest BCUT2D eigenvalue weighted by Crippen LogP contribution is 2.35. The molecule has 1 aliphatic heterocycles. The van der Waals surface area contributed by atoms with Gasteiger partial charge in [0.25, 0.3) is 0 Å². The zero-order valence-electron chi connectivity index (χ0n) is 16.8. The predicted molar refractivity (Wildman–Crippen MR) is 120 cm³/mol. The number of hydrogen-bond acceptors (Lipinski definition) is 6. The quantitative estimate of drug-likeness (QED) is 0.358. The van der Waals surface area contributed by atoms with E-state index in [1.165, 1.54) is 24.9 Å². The first kappa shape index (κ1) is 24.5. The molecule has 0 spiro atoms. The van der Waals surface area contributed by atoms with Crippen molar-refractivity contribution in [1.29, 1.82) is 0 Å². The average Bonchev–Trinajstić information content (AvgIpc) is 2.77. The molecule has 164 valence electrons. The fourth-order valence-electron chi connectivity index (χ4n) is 3.11. The van der Waals surface area contributed by atoms with E-state index in [2.05, 4.69) is 10.1 Å². The van der Waals surface area contributed by atoms with Gasteiger partial charge in [-0.3, -0.25) is 9.59 Å². The Morgan fingerprint density at radius 1 is 1.30 bits per heavy atom. The van der Waals surface area contributed by atoms with Crippen molar-refractivity contribution in [3.63, 3.8) is 0 Å². The van der Waals surface area contributed by atoms with Crippen molar-refractivity contribution in [2.75, 3.05) is 33.0 Å². The van der Waals surface area contributed by atoms with Gasteiger partial charge in [-0.2, -0.15) is 0 Å². The number of carbonyl (C=O) groups is 3. The lowest BCUT2D eigenvalue weighted by Gasteiger charge is -2.31. The van der Waals surface area contributed by atoms with Gasteiger partial charge in [0.15, 0.2) is 0 Å². The number of carbonyl (C=O) groups excluding carboxylic acids is 3.